The average Bonchev–Trinajstić information content (AvgIpc) is 2.70. The molecular weight excluding hydrogens is 257 g/mol. The number of hydrogen-bond acceptors (Lipinski definition) is 2. The van der Waals surface area contributed by atoms with E-state index in [0.29, 0.717) is 0 Å². The molecule has 4 heteroatoms. The van der Waals surface area contributed by atoms with Crippen LogP contribution in [0.5, 0.6) is 0 Å². The Morgan fingerprint density at radius 2 is 2.00 bits per heavy atom. The number of benzene rings is 1. The van der Waals surface area contributed by atoms with E-state index >= 15 is 0 Å². The Bertz CT molecular complexity index is 543. The van der Waals surface area contributed by atoms with Gasteiger partial charge < -0.3 is 0 Å². The number of halogens is 2. The van der Waals surface area contributed by atoms with Crippen LogP contribution in [0.4, 0.5) is 4.39 Å². The van der Waals surface area contributed by atoms with Crippen molar-refractivity contribution in [2.45, 2.75) is 26.2 Å². The van der Waals surface area contributed by atoms with Gasteiger partial charge in [-0.05, 0) is 18.2 Å². The molecule has 17 heavy (non-hydrogen) atoms. The summed E-state index contributed by atoms with van der Waals surface area (Å²) >= 11 is 7.31. The molecule has 1 nitrogen and oxygen atoms in total. The molecule has 0 aliphatic rings. The number of hydrogen-bond donors (Lipinski definition) is 0. The maximum absolute atomic E-state index is 13.1. The van der Waals surface area contributed by atoms with Gasteiger partial charge in [0.1, 0.15) is 10.8 Å². The molecule has 1 aromatic carbocycles. The summed E-state index contributed by atoms with van der Waals surface area (Å²) in [5, 5.41) is 3.04. The van der Waals surface area contributed by atoms with Gasteiger partial charge in [0.05, 0.1) is 10.7 Å². The quantitative estimate of drug-likeness (QED) is 0.717. The fourth-order valence-electron chi connectivity index (χ4n) is 1.38. The molecule has 1 aromatic heterocycles. The SMILES string of the molecule is CC(C)(C)c1csc(-c2ccc(F)c(Cl)c2)n1. The topological polar surface area (TPSA) is 12.9 Å². The molecule has 0 amide bonds. The van der Waals surface area contributed by atoms with Crippen LogP contribution < -0.4 is 0 Å². The molecule has 2 aromatic rings. The summed E-state index contributed by atoms with van der Waals surface area (Å²) in [5.74, 6) is -0.400. The first kappa shape index (κ1) is 12.5. The van der Waals surface area contributed by atoms with E-state index in [4.69, 9.17) is 11.6 Å². The molecule has 1 heterocycles. The number of rotatable bonds is 1. The van der Waals surface area contributed by atoms with Crippen LogP contribution in [0.3, 0.4) is 0 Å². The van der Waals surface area contributed by atoms with Gasteiger partial charge in [-0.25, -0.2) is 9.37 Å². The third-order valence-electron chi connectivity index (χ3n) is 2.44. The first-order valence-corrected chi connectivity index (χ1v) is 6.55. The van der Waals surface area contributed by atoms with Crippen LogP contribution in [0.1, 0.15) is 26.5 Å². The highest BCUT2D eigenvalue weighted by atomic mass is 35.5. The van der Waals surface area contributed by atoms with Gasteiger partial charge in [0.15, 0.2) is 0 Å². The lowest BCUT2D eigenvalue weighted by Gasteiger charge is -2.14. The fraction of sp³-hybridized carbons (Fsp3) is 0.308. The van der Waals surface area contributed by atoms with Crippen molar-refractivity contribution >= 4 is 22.9 Å². The third kappa shape index (κ3) is 2.67. The Morgan fingerprint density at radius 3 is 2.53 bits per heavy atom. The lowest BCUT2D eigenvalue weighted by atomic mass is 9.93. The standard InChI is InChI=1S/C13H13ClFNS/c1-13(2,3)11-7-17-12(16-11)8-4-5-10(15)9(14)6-8/h4-7H,1-3H3. The molecule has 0 aliphatic heterocycles. The van der Waals surface area contributed by atoms with Crippen molar-refractivity contribution in [3.63, 3.8) is 0 Å². The first-order chi connectivity index (χ1) is 7.88. The van der Waals surface area contributed by atoms with Gasteiger partial charge in [0, 0.05) is 16.4 Å². The smallest absolute Gasteiger partial charge is 0.141 e. The largest absolute Gasteiger partial charge is 0.241 e. The van der Waals surface area contributed by atoms with Crippen molar-refractivity contribution in [3.05, 3.63) is 40.1 Å². The molecule has 0 fully saturated rings. The summed E-state index contributed by atoms with van der Waals surface area (Å²) in [6.45, 7) is 6.34. The first-order valence-electron chi connectivity index (χ1n) is 5.29. The molecule has 2 rings (SSSR count). The Labute approximate surface area is 109 Å². The molecule has 0 unspecified atom stereocenters. The Morgan fingerprint density at radius 1 is 1.29 bits per heavy atom. The highest BCUT2D eigenvalue weighted by molar-refractivity contribution is 7.13. The van der Waals surface area contributed by atoms with E-state index < -0.39 is 5.82 Å². The zero-order valence-corrected chi connectivity index (χ0v) is 11.5. The second-order valence-electron chi connectivity index (χ2n) is 4.92. The van der Waals surface area contributed by atoms with Crippen molar-refractivity contribution in [2.75, 3.05) is 0 Å². The second kappa shape index (κ2) is 4.39. The van der Waals surface area contributed by atoms with Crippen LogP contribution in [0.15, 0.2) is 23.6 Å². The highest BCUT2D eigenvalue weighted by Gasteiger charge is 2.18. The molecular formula is C13H13ClFNS. The van der Waals surface area contributed by atoms with Crippen molar-refractivity contribution in [1.29, 1.82) is 0 Å². The van der Waals surface area contributed by atoms with E-state index in [1.807, 2.05) is 5.38 Å². The minimum Gasteiger partial charge on any atom is -0.241 e. The molecule has 0 spiro atoms. The minimum absolute atomic E-state index is 0.0264. The lowest BCUT2D eigenvalue weighted by Crippen LogP contribution is -2.11. The molecule has 90 valence electrons. The maximum atomic E-state index is 13.1. The summed E-state index contributed by atoms with van der Waals surface area (Å²) in [7, 11) is 0. The molecule has 0 saturated carbocycles. The zero-order valence-electron chi connectivity index (χ0n) is 9.92. The predicted molar refractivity (Wildman–Crippen MR) is 71.2 cm³/mol. The number of aromatic nitrogens is 1. The van der Waals surface area contributed by atoms with E-state index in [9.17, 15) is 4.39 Å². The van der Waals surface area contributed by atoms with Crippen molar-refractivity contribution in [2.24, 2.45) is 0 Å². The van der Waals surface area contributed by atoms with Gasteiger partial charge in [0.25, 0.3) is 0 Å². The van der Waals surface area contributed by atoms with Crippen molar-refractivity contribution < 1.29 is 4.39 Å². The van der Waals surface area contributed by atoms with Gasteiger partial charge in [-0.3, -0.25) is 0 Å². The summed E-state index contributed by atoms with van der Waals surface area (Å²) < 4.78 is 13.1. The Hall–Kier alpha value is -0.930. The molecule has 0 N–H and O–H groups in total. The zero-order chi connectivity index (χ0) is 12.6. The van der Waals surface area contributed by atoms with E-state index in [2.05, 4.69) is 25.8 Å². The van der Waals surface area contributed by atoms with Gasteiger partial charge in [-0.2, -0.15) is 0 Å². The monoisotopic (exact) mass is 269 g/mol. The van der Waals surface area contributed by atoms with E-state index in [1.165, 1.54) is 6.07 Å². The van der Waals surface area contributed by atoms with Gasteiger partial charge >= 0.3 is 0 Å². The van der Waals surface area contributed by atoms with Gasteiger partial charge in [-0.15, -0.1) is 11.3 Å². The van der Waals surface area contributed by atoms with Crippen LogP contribution in [-0.2, 0) is 5.41 Å². The molecule has 0 radical (unpaired) electrons. The van der Waals surface area contributed by atoms with Gasteiger partial charge in [-0.1, -0.05) is 32.4 Å². The van der Waals surface area contributed by atoms with Gasteiger partial charge in [0.2, 0.25) is 0 Å². The second-order valence-corrected chi connectivity index (χ2v) is 6.18. The maximum Gasteiger partial charge on any atom is 0.141 e. The molecule has 0 atom stereocenters. The summed E-state index contributed by atoms with van der Waals surface area (Å²) in [6, 6.07) is 4.68. The van der Waals surface area contributed by atoms with Crippen LogP contribution in [-0.4, -0.2) is 4.98 Å². The fourth-order valence-corrected chi connectivity index (χ4v) is 2.60. The number of thiazole rings is 1. The van der Waals surface area contributed by atoms with Crippen molar-refractivity contribution in [3.8, 4) is 10.6 Å². The minimum atomic E-state index is -0.400. The summed E-state index contributed by atoms with van der Waals surface area (Å²) in [5.41, 5.74) is 1.92. The predicted octanol–water partition coefficient (Wildman–Crippen LogP) is 4.90. The van der Waals surface area contributed by atoms with E-state index in [1.54, 1.807) is 23.5 Å². The number of nitrogens with zero attached hydrogens (tertiary/aromatic N) is 1. The summed E-state index contributed by atoms with van der Waals surface area (Å²) in [4.78, 5) is 4.56. The molecule has 0 saturated heterocycles. The van der Waals surface area contributed by atoms with Crippen LogP contribution in [0.2, 0.25) is 5.02 Å². The van der Waals surface area contributed by atoms with Crippen LogP contribution >= 0.6 is 22.9 Å². The van der Waals surface area contributed by atoms with E-state index in [0.717, 1.165) is 16.3 Å². The summed E-state index contributed by atoms with van der Waals surface area (Å²) in [6.07, 6.45) is 0. The van der Waals surface area contributed by atoms with Crippen molar-refractivity contribution in [1.82, 2.24) is 4.98 Å². The highest BCUT2D eigenvalue weighted by Crippen LogP contribution is 2.31. The lowest BCUT2D eigenvalue weighted by molar-refractivity contribution is 0.573. The van der Waals surface area contributed by atoms with E-state index in [-0.39, 0.29) is 10.4 Å². The Balaban J connectivity index is 2.40. The normalized spacial score (nSPS) is 11.8. The molecule has 0 bridgehead atoms. The van der Waals surface area contributed by atoms with Crippen LogP contribution in [0, 0.1) is 5.82 Å². The average molecular weight is 270 g/mol. The molecule has 0 aliphatic carbocycles. The Kier molecular flexibility index (Phi) is 3.23. The van der Waals surface area contributed by atoms with Crippen LogP contribution in [0.25, 0.3) is 10.6 Å². The third-order valence-corrected chi connectivity index (χ3v) is 3.62.